The van der Waals surface area contributed by atoms with Crippen molar-refractivity contribution in [2.75, 3.05) is 25.2 Å². The number of H-pyrrole nitrogens is 1. The van der Waals surface area contributed by atoms with Crippen LogP contribution in [0, 0.1) is 4.64 Å². The quantitative estimate of drug-likeness (QED) is 0.644. The van der Waals surface area contributed by atoms with Gasteiger partial charge in [0.2, 0.25) is 5.91 Å². The maximum Gasteiger partial charge on any atom is 0.257 e. The lowest BCUT2D eigenvalue weighted by molar-refractivity contribution is -0.116. The average molecular weight is 347 g/mol. The Morgan fingerprint density at radius 1 is 1.26 bits per heavy atom. The molecular weight excluding hydrogens is 330 g/mol. The number of benzene rings is 1. The second-order valence-corrected chi connectivity index (χ2v) is 6.08. The molecule has 0 saturated heterocycles. The van der Waals surface area contributed by atoms with E-state index in [0.29, 0.717) is 10.2 Å². The molecular formula is C16H17N3O2S2. The molecule has 2 N–H and O–H groups in total. The SMILES string of the molecule is CSc1ccccc1NC(=O)CN(C)C(=O)c1ccc[nH]c1=S. The van der Waals surface area contributed by atoms with E-state index in [9.17, 15) is 9.59 Å². The smallest absolute Gasteiger partial charge is 0.257 e. The lowest BCUT2D eigenvalue weighted by atomic mass is 10.2. The van der Waals surface area contributed by atoms with Gasteiger partial charge in [-0.2, -0.15) is 0 Å². The molecule has 0 atom stereocenters. The fourth-order valence-electron chi connectivity index (χ4n) is 2.02. The van der Waals surface area contributed by atoms with E-state index in [-0.39, 0.29) is 18.4 Å². The van der Waals surface area contributed by atoms with Crippen LogP contribution in [0.3, 0.4) is 0 Å². The number of carbonyl (C=O) groups is 2. The molecule has 0 unspecified atom stereocenters. The number of aromatic amines is 1. The number of nitrogens with zero attached hydrogens (tertiary/aromatic N) is 1. The second kappa shape index (κ2) is 7.94. The number of aromatic nitrogens is 1. The molecule has 0 aliphatic carbocycles. The number of hydrogen-bond acceptors (Lipinski definition) is 4. The van der Waals surface area contributed by atoms with Crippen LogP contribution < -0.4 is 5.32 Å². The van der Waals surface area contributed by atoms with E-state index in [1.165, 1.54) is 4.90 Å². The number of rotatable bonds is 5. The van der Waals surface area contributed by atoms with Gasteiger partial charge in [-0.15, -0.1) is 11.8 Å². The van der Waals surface area contributed by atoms with Gasteiger partial charge < -0.3 is 15.2 Å². The van der Waals surface area contributed by atoms with E-state index in [4.69, 9.17) is 12.2 Å². The number of anilines is 1. The number of nitrogens with one attached hydrogen (secondary N) is 2. The first-order chi connectivity index (χ1) is 11.0. The van der Waals surface area contributed by atoms with Crippen molar-refractivity contribution < 1.29 is 9.59 Å². The molecule has 2 amide bonds. The lowest BCUT2D eigenvalue weighted by Gasteiger charge is -2.17. The summed E-state index contributed by atoms with van der Waals surface area (Å²) in [6.45, 7) is -0.0504. The van der Waals surface area contributed by atoms with Gasteiger partial charge in [0.1, 0.15) is 4.64 Å². The summed E-state index contributed by atoms with van der Waals surface area (Å²) in [4.78, 5) is 29.6. The summed E-state index contributed by atoms with van der Waals surface area (Å²) in [6, 6.07) is 10.9. The number of thioether (sulfide) groups is 1. The van der Waals surface area contributed by atoms with Gasteiger partial charge in [-0.05, 0) is 30.5 Å². The number of amides is 2. The predicted octanol–water partition coefficient (Wildman–Crippen LogP) is 3.18. The first-order valence-electron chi connectivity index (χ1n) is 6.89. The Bertz CT molecular complexity index is 774. The van der Waals surface area contributed by atoms with Gasteiger partial charge in [0.05, 0.1) is 17.8 Å². The van der Waals surface area contributed by atoms with Gasteiger partial charge in [0.15, 0.2) is 0 Å². The summed E-state index contributed by atoms with van der Waals surface area (Å²) in [5.41, 5.74) is 1.12. The highest BCUT2D eigenvalue weighted by Crippen LogP contribution is 2.24. The summed E-state index contributed by atoms with van der Waals surface area (Å²) in [5.74, 6) is -0.548. The molecule has 1 aromatic heterocycles. The molecule has 0 bridgehead atoms. The Morgan fingerprint density at radius 2 is 2.00 bits per heavy atom. The molecule has 0 saturated carbocycles. The summed E-state index contributed by atoms with van der Waals surface area (Å²) < 4.78 is 0.359. The first-order valence-corrected chi connectivity index (χ1v) is 8.52. The third kappa shape index (κ3) is 4.43. The Balaban J connectivity index is 2.04. The molecule has 23 heavy (non-hydrogen) atoms. The lowest BCUT2D eigenvalue weighted by Crippen LogP contribution is -2.35. The van der Waals surface area contributed by atoms with Crippen molar-refractivity contribution in [1.29, 1.82) is 0 Å². The van der Waals surface area contributed by atoms with Crippen LogP contribution in [0.2, 0.25) is 0 Å². The van der Waals surface area contributed by atoms with Gasteiger partial charge in [-0.25, -0.2) is 0 Å². The largest absolute Gasteiger partial charge is 0.352 e. The normalized spacial score (nSPS) is 10.2. The van der Waals surface area contributed by atoms with Crippen LogP contribution in [0.15, 0.2) is 47.5 Å². The van der Waals surface area contributed by atoms with Gasteiger partial charge in [0.25, 0.3) is 5.91 Å². The fraction of sp³-hybridized carbons (Fsp3) is 0.188. The van der Waals surface area contributed by atoms with Crippen LogP contribution in [0.25, 0.3) is 0 Å². The van der Waals surface area contributed by atoms with Crippen LogP contribution in [0.1, 0.15) is 10.4 Å². The number of pyridine rings is 1. The first kappa shape index (κ1) is 17.2. The molecule has 0 fully saturated rings. The highest BCUT2D eigenvalue weighted by Gasteiger charge is 2.16. The average Bonchev–Trinajstić information content (AvgIpc) is 2.55. The Kier molecular flexibility index (Phi) is 5.95. The van der Waals surface area contributed by atoms with Crippen LogP contribution in [0.5, 0.6) is 0 Å². The van der Waals surface area contributed by atoms with Crippen LogP contribution in [-0.2, 0) is 4.79 Å². The molecule has 2 rings (SSSR count). The summed E-state index contributed by atoms with van der Waals surface area (Å²) in [7, 11) is 1.57. The predicted molar refractivity (Wildman–Crippen MR) is 95.4 cm³/mol. The summed E-state index contributed by atoms with van der Waals surface area (Å²) in [6.07, 6.45) is 3.60. The minimum Gasteiger partial charge on any atom is -0.352 e. The minimum atomic E-state index is -0.292. The zero-order valence-electron chi connectivity index (χ0n) is 12.8. The molecule has 120 valence electrons. The molecule has 0 spiro atoms. The Morgan fingerprint density at radius 3 is 2.70 bits per heavy atom. The zero-order chi connectivity index (χ0) is 16.8. The molecule has 5 nitrogen and oxygen atoms in total. The van der Waals surface area contributed by atoms with Crippen molar-refractivity contribution in [3.8, 4) is 0 Å². The molecule has 1 aromatic carbocycles. The fourth-order valence-corrected chi connectivity index (χ4v) is 2.80. The monoisotopic (exact) mass is 347 g/mol. The topological polar surface area (TPSA) is 65.2 Å². The van der Waals surface area contributed by atoms with Crippen molar-refractivity contribution >= 4 is 41.5 Å². The standard InChI is InChI=1S/C16H17N3O2S2/c1-19(16(21)11-6-5-9-17-15(11)22)10-14(20)18-12-7-3-4-8-13(12)23-2/h3-9H,10H2,1-2H3,(H,17,22)(H,18,20). The molecule has 2 aromatic rings. The van der Waals surface area contributed by atoms with E-state index >= 15 is 0 Å². The van der Waals surface area contributed by atoms with E-state index < -0.39 is 0 Å². The van der Waals surface area contributed by atoms with Crippen LogP contribution in [-0.4, -0.2) is 41.5 Å². The molecule has 1 heterocycles. The van der Waals surface area contributed by atoms with Crippen molar-refractivity contribution in [2.24, 2.45) is 0 Å². The molecule has 0 aliphatic rings. The molecule has 7 heteroatoms. The van der Waals surface area contributed by atoms with Crippen molar-refractivity contribution in [1.82, 2.24) is 9.88 Å². The number of hydrogen-bond donors (Lipinski definition) is 2. The summed E-state index contributed by atoms with van der Waals surface area (Å²) in [5, 5.41) is 2.83. The molecule has 0 radical (unpaired) electrons. The number of para-hydroxylation sites is 1. The van der Waals surface area contributed by atoms with Gasteiger partial charge in [-0.3, -0.25) is 9.59 Å². The second-order valence-electron chi connectivity index (χ2n) is 4.82. The van der Waals surface area contributed by atoms with Gasteiger partial charge >= 0.3 is 0 Å². The van der Waals surface area contributed by atoms with E-state index in [0.717, 1.165) is 10.6 Å². The van der Waals surface area contributed by atoms with Crippen molar-refractivity contribution in [2.45, 2.75) is 4.90 Å². The minimum absolute atomic E-state index is 0.0504. The third-order valence-electron chi connectivity index (χ3n) is 3.16. The van der Waals surface area contributed by atoms with E-state index in [1.807, 2.05) is 30.5 Å². The van der Waals surface area contributed by atoms with Crippen LogP contribution >= 0.6 is 24.0 Å². The zero-order valence-corrected chi connectivity index (χ0v) is 14.5. The van der Waals surface area contributed by atoms with Crippen molar-refractivity contribution in [3.63, 3.8) is 0 Å². The molecule has 0 aliphatic heterocycles. The highest BCUT2D eigenvalue weighted by molar-refractivity contribution is 7.98. The highest BCUT2D eigenvalue weighted by atomic mass is 32.2. The van der Waals surface area contributed by atoms with E-state index in [1.54, 1.807) is 37.1 Å². The summed E-state index contributed by atoms with van der Waals surface area (Å²) >= 11 is 6.64. The van der Waals surface area contributed by atoms with E-state index in [2.05, 4.69) is 10.3 Å². The number of likely N-dealkylation sites (N-methyl/N-ethyl adjacent to an activating group) is 1. The van der Waals surface area contributed by atoms with Crippen molar-refractivity contribution in [3.05, 3.63) is 52.8 Å². The van der Waals surface area contributed by atoms with Gasteiger partial charge in [-0.1, -0.05) is 24.4 Å². The Labute approximate surface area is 144 Å². The van der Waals surface area contributed by atoms with Gasteiger partial charge in [0, 0.05) is 18.1 Å². The Hall–Kier alpha value is -2.12. The maximum atomic E-state index is 12.3. The maximum absolute atomic E-state index is 12.3. The van der Waals surface area contributed by atoms with Crippen LogP contribution in [0.4, 0.5) is 5.69 Å². The number of carbonyl (C=O) groups excluding carboxylic acids is 2. The third-order valence-corrected chi connectivity index (χ3v) is 4.29.